The van der Waals surface area contributed by atoms with E-state index in [0.29, 0.717) is 6.61 Å². The van der Waals surface area contributed by atoms with Gasteiger partial charge in [0.05, 0.1) is 6.61 Å². The number of likely N-dealkylation sites (N-methyl/N-ethyl adjacent to an activating group) is 1. The van der Waals surface area contributed by atoms with Crippen LogP contribution in [-0.2, 0) is 21.4 Å². The molecule has 1 aromatic heterocycles. The first-order valence-corrected chi connectivity index (χ1v) is 6.53. The summed E-state index contributed by atoms with van der Waals surface area (Å²) >= 11 is 0. The second-order valence-corrected chi connectivity index (χ2v) is 5.62. The number of sulfonamides is 1. The minimum atomic E-state index is -3.58. The molecule has 1 rings (SSSR count). The quantitative estimate of drug-likeness (QED) is 0.801. The molecule has 0 radical (unpaired) electrons. The maximum atomic E-state index is 12.1. The van der Waals surface area contributed by atoms with Crippen molar-refractivity contribution in [1.82, 2.24) is 4.31 Å². The summed E-state index contributed by atoms with van der Waals surface area (Å²) in [6.07, 6.45) is 0. The highest BCUT2D eigenvalue weighted by molar-refractivity contribution is 7.89. The Hall–Kier alpha value is -0.890. The number of rotatable bonds is 6. The molecule has 98 valence electrons. The van der Waals surface area contributed by atoms with Crippen LogP contribution in [0.1, 0.15) is 11.5 Å². The molecule has 1 N–H and O–H groups in total. The van der Waals surface area contributed by atoms with Crippen LogP contribution in [0.3, 0.4) is 0 Å². The summed E-state index contributed by atoms with van der Waals surface area (Å²) < 4.78 is 35.4. The van der Waals surface area contributed by atoms with Crippen molar-refractivity contribution in [2.75, 3.05) is 27.3 Å². The molecule has 1 heterocycles. The predicted molar refractivity (Wildman–Crippen MR) is 61.1 cm³/mol. The Bertz CT molecular complexity index is 465. The number of aryl methyl sites for hydroxylation is 1. The zero-order valence-electron chi connectivity index (χ0n) is 10.1. The van der Waals surface area contributed by atoms with Gasteiger partial charge in [-0.1, -0.05) is 0 Å². The Labute approximate surface area is 101 Å². The maximum absolute atomic E-state index is 12.1. The molecule has 6 nitrogen and oxygen atoms in total. The smallest absolute Gasteiger partial charge is 0.246 e. The van der Waals surface area contributed by atoms with E-state index in [4.69, 9.17) is 14.3 Å². The molecule has 1 aromatic rings. The lowest BCUT2D eigenvalue weighted by atomic mass is 10.4. The highest BCUT2D eigenvalue weighted by Gasteiger charge is 2.25. The third-order valence-electron chi connectivity index (χ3n) is 2.38. The van der Waals surface area contributed by atoms with Crippen molar-refractivity contribution in [3.8, 4) is 0 Å². The normalized spacial score (nSPS) is 12.3. The lowest BCUT2D eigenvalue weighted by molar-refractivity contribution is 0.185. The van der Waals surface area contributed by atoms with E-state index in [-0.39, 0.29) is 29.6 Å². The summed E-state index contributed by atoms with van der Waals surface area (Å²) in [4.78, 5) is 0.0835. The molecule has 0 atom stereocenters. The monoisotopic (exact) mass is 263 g/mol. The van der Waals surface area contributed by atoms with Crippen LogP contribution >= 0.6 is 0 Å². The van der Waals surface area contributed by atoms with Gasteiger partial charge in [-0.2, -0.15) is 4.31 Å². The van der Waals surface area contributed by atoms with Gasteiger partial charge in [0, 0.05) is 26.8 Å². The molecule has 0 amide bonds. The molecule has 0 unspecified atom stereocenters. The summed E-state index contributed by atoms with van der Waals surface area (Å²) in [6, 6.07) is 1.34. The minimum absolute atomic E-state index is 0.0835. The average Bonchev–Trinajstić information content (AvgIpc) is 2.67. The van der Waals surface area contributed by atoms with Crippen LogP contribution in [0.2, 0.25) is 0 Å². The second kappa shape index (κ2) is 5.63. The molecule has 0 aromatic carbocycles. The minimum Gasteiger partial charge on any atom is -0.462 e. The Balaban J connectivity index is 2.99. The van der Waals surface area contributed by atoms with Gasteiger partial charge in [0.2, 0.25) is 10.0 Å². The third kappa shape index (κ3) is 3.06. The summed E-state index contributed by atoms with van der Waals surface area (Å²) in [7, 11) is -0.604. The molecule has 0 bridgehead atoms. The van der Waals surface area contributed by atoms with E-state index in [9.17, 15) is 8.42 Å². The number of furan rings is 1. The van der Waals surface area contributed by atoms with Crippen molar-refractivity contribution in [3.05, 3.63) is 17.6 Å². The van der Waals surface area contributed by atoms with Gasteiger partial charge in [-0.3, -0.25) is 0 Å². The van der Waals surface area contributed by atoms with E-state index < -0.39 is 10.0 Å². The van der Waals surface area contributed by atoms with Gasteiger partial charge >= 0.3 is 0 Å². The number of hydrogen-bond acceptors (Lipinski definition) is 5. The second-order valence-electron chi connectivity index (χ2n) is 3.61. The standard InChI is InChI=1S/C10H17NO5S/c1-8-10(6-9(7-12)16-8)17(13,14)11(2)4-5-15-3/h6,12H,4-5,7H2,1-3H3. The molecule has 0 saturated heterocycles. The number of nitrogens with zero attached hydrogens (tertiary/aromatic N) is 1. The first kappa shape index (κ1) is 14.2. The molecule has 0 spiro atoms. The van der Waals surface area contributed by atoms with Crippen molar-refractivity contribution in [3.63, 3.8) is 0 Å². The van der Waals surface area contributed by atoms with Crippen LogP contribution in [0, 0.1) is 6.92 Å². The van der Waals surface area contributed by atoms with Crippen LogP contribution in [0.4, 0.5) is 0 Å². The molecular weight excluding hydrogens is 246 g/mol. The zero-order valence-corrected chi connectivity index (χ0v) is 11.0. The predicted octanol–water partition coefficient (Wildman–Crippen LogP) is 0.347. The van der Waals surface area contributed by atoms with Crippen LogP contribution in [0.5, 0.6) is 0 Å². The largest absolute Gasteiger partial charge is 0.462 e. The zero-order chi connectivity index (χ0) is 13.1. The van der Waals surface area contributed by atoms with Crippen molar-refractivity contribution in [2.45, 2.75) is 18.4 Å². The fourth-order valence-corrected chi connectivity index (χ4v) is 2.70. The van der Waals surface area contributed by atoms with Gasteiger partial charge < -0.3 is 14.3 Å². The molecular formula is C10H17NO5S. The van der Waals surface area contributed by atoms with Crippen molar-refractivity contribution < 1.29 is 22.7 Å². The average molecular weight is 263 g/mol. The fraction of sp³-hybridized carbons (Fsp3) is 0.600. The Kier molecular flexibility index (Phi) is 4.70. The maximum Gasteiger partial charge on any atom is 0.246 e. The van der Waals surface area contributed by atoms with E-state index in [0.717, 1.165) is 0 Å². The van der Waals surface area contributed by atoms with Crippen LogP contribution in [0.15, 0.2) is 15.4 Å². The Morgan fingerprint density at radius 3 is 2.65 bits per heavy atom. The van der Waals surface area contributed by atoms with Crippen molar-refractivity contribution in [2.24, 2.45) is 0 Å². The Morgan fingerprint density at radius 2 is 2.18 bits per heavy atom. The first-order valence-electron chi connectivity index (χ1n) is 5.09. The summed E-state index contributed by atoms with van der Waals surface area (Å²) in [5.41, 5.74) is 0. The SMILES string of the molecule is COCCN(C)S(=O)(=O)c1cc(CO)oc1C. The first-order chi connectivity index (χ1) is 7.93. The summed E-state index contributed by atoms with van der Waals surface area (Å²) in [5, 5.41) is 8.90. The summed E-state index contributed by atoms with van der Waals surface area (Å²) in [5.74, 6) is 0.513. The highest BCUT2D eigenvalue weighted by atomic mass is 32.2. The lowest BCUT2D eigenvalue weighted by Gasteiger charge is -2.15. The van der Waals surface area contributed by atoms with Gasteiger partial charge in [-0.15, -0.1) is 0 Å². The van der Waals surface area contributed by atoms with Gasteiger partial charge in [0.15, 0.2) is 0 Å². The molecule has 0 aliphatic carbocycles. The highest BCUT2D eigenvalue weighted by Crippen LogP contribution is 2.22. The fourth-order valence-electron chi connectivity index (χ4n) is 1.37. The summed E-state index contributed by atoms with van der Waals surface area (Å²) in [6.45, 7) is 1.81. The van der Waals surface area contributed by atoms with E-state index in [1.807, 2.05) is 0 Å². The Morgan fingerprint density at radius 1 is 1.53 bits per heavy atom. The van der Waals surface area contributed by atoms with E-state index >= 15 is 0 Å². The molecule has 7 heteroatoms. The molecule has 0 aliphatic rings. The van der Waals surface area contributed by atoms with Crippen LogP contribution in [-0.4, -0.2) is 45.1 Å². The van der Waals surface area contributed by atoms with Crippen LogP contribution in [0.25, 0.3) is 0 Å². The van der Waals surface area contributed by atoms with Crippen molar-refractivity contribution >= 4 is 10.0 Å². The molecule has 0 aliphatic heterocycles. The number of aliphatic hydroxyl groups is 1. The molecule has 0 saturated carbocycles. The van der Waals surface area contributed by atoms with Gasteiger partial charge in [0.25, 0.3) is 0 Å². The van der Waals surface area contributed by atoms with Gasteiger partial charge in [-0.25, -0.2) is 8.42 Å². The number of aliphatic hydroxyl groups excluding tert-OH is 1. The van der Waals surface area contributed by atoms with E-state index in [1.54, 1.807) is 6.92 Å². The number of ether oxygens (including phenoxy) is 1. The molecule has 0 fully saturated rings. The number of hydrogen-bond donors (Lipinski definition) is 1. The third-order valence-corrected chi connectivity index (χ3v) is 4.34. The van der Waals surface area contributed by atoms with E-state index in [2.05, 4.69) is 0 Å². The van der Waals surface area contributed by atoms with Gasteiger partial charge in [0.1, 0.15) is 23.0 Å². The topological polar surface area (TPSA) is 80.0 Å². The molecule has 17 heavy (non-hydrogen) atoms. The number of methoxy groups -OCH3 is 1. The van der Waals surface area contributed by atoms with Crippen LogP contribution < -0.4 is 0 Å². The van der Waals surface area contributed by atoms with Gasteiger partial charge in [-0.05, 0) is 6.92 Å². The van der Waals surface area contributed by atoms with E-state index in [1.165, 1.54) is 24.5 Å². The van der Waals surface area contributed by atoms with Crippen molar-refractivity contribution in [1.29, 1.82) is 0 Å². The lowest BCUT2D eigenvalue weighted by Crippen LogP contribution is -2.30.